The first-order chi connectivity index (χ1) is 14.9. The summed E-state index contributed by atoms with van der Waals surface area (Å²) in [5, 5.41) is 15.8. The zero-order valence-corrected chi connectivity index (χ0v) is 21.2. The highest BCUT2D eigenvalue weighted by Crippen LogP contribution is 2.50. The highest BCUT2D eigenvalue weighted by atomic mass is 127. The normalized spacial score (nSPS) is 17.9. The van der Waals surface area contributed by atoms with Gasteiger partial charge in [-0.1, -0.05) is 30.3 Å². The summed E-state index contributed by atoms with van der Waals surface area (Å²) < 4.78 is 10.0. The van der Waals surface area contributed by atoms with Crippen LogP contribution in [0.25, 0.3) is 0 Å². The molecule has 2 heterocycles. The molecule has 0 bridgehead atoms. The maximum absolute atomic E-state index is 13.1. The lowest BCUT2D eigenvalue weighted by Crippen LogP contribution is -2.26. The number of carbonyl (C=O) groups is 1. The average molecular weight is 638 g/mol. The molecule has 2 aliphatic rings. The van der Waals surface area contributed by atoms with E-state index in [-0.39, 0.29) is 17.5 Å². The largest absolute Gasteiger partial charge is 0.507 e. The molecule has 1 aliphatic heterocycles. The molecule has 1 atom stereocenters. The Bertz CT molecular complexity index is 1230. The Kier molecular flexibility index (Phi) is 5.58. The number of rotatable bonds is 3. The molecule has 7 heteroatoms. The monoisotopic (exact) mass is 638 g/mol. The molecule has 0 spiro atoms. The van der Waals surface area contributed by atoms with Crippen molar-refractivity contribution in [2.75, 3.05) is 0 Å². The van der Waals surface area contributed by atoms with Gasteiger partial charge in [-0.3, -0.25) is 4.79 Å². The Hall–Kier alpha value is -1.88. The van der Waals surface area contributed by atoms with Gasteiger partial charge < -0.3 is 9.84 Å². The van der Waals surface area contributed by atoms with Gasteiger partial charge in [-0.2, -0.15) is 5.10 Å². The molecule has 3 aromatic rings. The zero-order valence-electron chi connectivity index (χ0n) is 16.9. The molecule has 0 saturated heterocycles. The minimum absolute atomic E-state index is 0.0976. The number of phenols is 1. The Balaban J connectivity index is 1.72. The number of hydrogen-bond acceptors (Lipinski definition) is 4. The Labute approximate surface area is 207 Å². The summed E-state index contributed by atoms with van der Waals surface area (Å²) >= 11 is 4.40. The lowest BCUT2D eigenvalue weighted by atomic mass is 9.77. The van der Waals surface area contributed by atoms with Crippen molar-refractivity contribution in [2.24, 2.45) is 0 Å². The molecule has 158 valence electrons. The molecule has 0 fully saturated rings. The van der Waals surface area contributed by atoms with E-state index in [4.69, 9.17) is 9.84 Å². The van der Waals surface area contributed by atoms with Crippen molar-refractivity contribution in [3.05, 3.63) is 83.3 Å². The van der Waals surface area contributed by atoms with Gasteiger partial charge in [0.25, 0.3) is 0 Å². The number of carbonyl (C=O) groups excluding carboxylic acids is 1. The van der Waals surface area contributed by atoms with Gasteiger partial charge in [0.1, 0.15) is 11.5 Å². The number of Topliss-reactive ketones (excluding diaryl/α,β-unsaturated/α-hetero) is 1. The summed E-state index contributed by atoms with van der Waals surface area (Å²) in [5.74, 6) is 1.34. The summed E-state index contributed by atoms with van der Waals surface area (Å²) in [5.41, 5.74) is 4.23. The van der Waals surface area contributed by atoms with Crippen LogP contribution in [0.15, 0.2) is 53.8 Å². The number of aromatic nitrogens is 2. The van der Waals surface area contributed by atoms with Crippen LogP contribution in [-0.4, -0.2) is 20.7 Å². The van der Waals surface area contributed by atoms with Crippen LogP contribution in [-0.2, 0) is 11.3 Å². The van der Waals surface area contributed by atoms with E-state index in [2.05, 4.69) is 57.3 Å². The van der Waals surface area contributed by atoms with E-state index in [0.717, 1.165) is 41.7 Å². The number of hydrogen-bond donors (Lipinski definition) is 1. The number of phenolic OH excluding ortho intramolecular Hbond substituents is 1. The summed E-state index contributed by atoms with van der Waals surface area (Å²) in [4.78, 5) is 13.1. The second-order valence-corrected chi connectivity index (χ2v) is 10.3. The second-order valence-electron chi connectivity index (χ2n) is 7.92. The second kappa shape index (κ2) is 8.23. The molecule has 1 N–H and O–H groups in total. The third-order valence-corrected chi connectivity index (χ3v) is 7.32. The van der Waals surface area contributed by atoms with Gasteiger partial charge in [0, 0.05) is 33.1 Å². The number of aryl methyl sites for hydroxylation is 1. The van der Waals surface area contributed by atoms with Crippen molar-refractivity contribution < 1.29 is 14.6 Å². The van der Waals surface area contributed by atoms with Gasteiger partial charge in [-0.05, 0) is 76.2 Å². The molecular formula is C24H20I2N2O3. The third kappa shape index (κ3) is 3.69. The number of benzene rings is 2. The van der Waals surface area contributed by atoms with Crippen LogP contribution in [0.1, 0.15) is 47.6 Å². The van der Waals surface area contributed by atoms with E-state index in [9.17, 15) is 9.90 Å². The molecule has 31 heavy (non-hydrogen) atoms. The summed E-state index contributed by atoms with van der Waals surface area (Å²) in [6.07, 6.45) is 2.00. The number of ketones is 1. The van der Waals surface area contributed by atoms with Crippen molar-refractivity contribution in [1.82, 2.24) is 9.78 Å². The van der Waals surface area contributed by atoms with E-state index in [1.54, 1.807) is 0 Å². The van der Waals surface area contributed by atoms with Crippen LogP contribution < -0.4 is 4.74 Å². The van der Waals surface area contributed by atoms with Gasteiger partial charge in [0.2, 0.25) is 5.88 Å². The Morgan fingerprint density at radius 3 is 2.74 bits per heavy atom. The first kappa shape index (κ1) is 21.0. The summed E-state index contributed by atoms with van der Waals surface area (Å²) in [7, 11) is 0. The van der Waals surface area contributed by atoms with Crippen molar-refractivity contribution in [1.29, 1.82) is 0 Å². The third-order valence-electron chi connectivity index (χ3n) is 5.87. The van der Waals surface area contributed by atoms with Crippen molar-refractivity contribution in [3.63, 3.8) is 0 Å². The molecule has 5 nitrogen and oxygen atoms in total. The van der Waals surface area contributed by atoms with Gasteiger partial charge in [0.15, 0.2) is 5.78 Å². The van der Waals surface area contributed by atoms with Crippen LogP contribution >= 0.6 is 45.2 Å². The number of fused-ring (bicyclic) bond motifs is 1. The smallest absolute Gasteiger partial charge is 0.222 e. The van der Waals surface area contributed by atoms with Crippen molar-refractivity contribution in [3.8, 4) is 11.6 Å². The predicted molar refractivity (Wildman–Crippen MR) is 134 cm³/mol. The fraction of sp³-hybridized carbons (Fsp3) is 0.250. The maximum atomic E-state index is 13.1. The number of ether oxygens (including phenoxy) is 1. The molecule has 2 aromatic carbocycles. The molecule has 1 aromatic heterocycles. The SMILES string of the molecule is Cc1nn(Cc2ccccc2)c2c1[C@@H](c1cc(I)cc(I)c1O)C1=C(CCCC1=O)O2. The molecule has 0 saturated carbocycles. The van der Waals surface area contributed by atoms with Crippen LogP contribution in [0, 0.1) is 14.1 Å². The average Bonchev–Trinajstić information content (AvgIpc) is 3.05. The zero-order chi connectivity index (χ0) is 21.7. The molecule has 0 amide bonds. The first-order valence-electron chi connectivity index (χ1n) is 10.2. The van der Waals surface area contributed by atoms with E-state index in [1.807, 2.05) is 41.9 Å². The quantitative estimate of drug-likeness (QED) is 0.375. The van der Waals surface area contributed by atoms with Gasteiger partial charge in [0.05, 0.1) is 21.7 Å². The minimum Gasteiger partial charge on any atom is -0.507 e. The predicted octanol–water partition coefficient (Wildman–Crippen LogP) is 5.69. The fourth-order valence-electron chi connectivity index (χ4n) is 4.52. The Morgan fingerprint density at radius 2 is 1.97 bits per heavy atom. The van der Waals surface area contributed by atoms with Crippen LogP contribution in [0.4, 0.5) is 0 Å². The lowest BCUT2D eigenvalue weighted by molar-refractivity contribution is -0.116. The number of nitrogens with zero attached hydrogens (tertiary/aromatic N) is 2. The summed E-state index contributed by atoms with van der Waals surface area (Å²) in [6.45, 7) is 2.53. The fourth-order valence-corrected chi connectivity index (χ4v) is 6.41. The molecule has 0 radical (unpaired) electrons. The number of allylic oxidation sites excluding steroid dienone is 2. The van der Waals surface area contributed by atoms with E-state index < -0.39 is 0 Å². The topological polar surface area (TPSA) is 64.3 Å². The van der Waals surface area contributed by atoms with E-state index in [0.29, 0.717) is 30.8 Å². The minimum atomic E-state index is -0.376. The van der Waals surface area contributed by atoms with Crippen LogP contribution in [0.3, 0.4) is 0 Å². The van der Waals surface area contributed by atoms with Gasteiger partial charge >= 0.3 is 0 Å². The molecule has 0 unspecified atom stereocenters. The van der Waals surface area contributed by atoms with Crippen molar-refractivity contribution in [2.45, 2.75) is 38.6 Å². The lowest BCUT2D eigenvalue weighted by Gasteiger charge is -2.32. The van der Waals surface area contributed by atoms with Crippen LogP contribution in [0.5, 0.6) is 11.6 Å². The highest BCUT2D eigenvalue weighted by molar-refractivity contribution is 14.1. The van der Waals surface area contributed by atoms with E-state index >= 15 is 0 Å². The molecule has 1 aliphatic carbocycles. The van der Waals surface area contributed by atoms with Gasteiger partial charge in [-0.15, -0.1) is 0 Å². The standard InChI is InChI=1S/C24H20I2N2O3/c1-13-20-21(16-10-15(25)11-17(26)23(16)30)22-18(29)8-5-9-19(22)31-24(20)28(27-13)12-14-6-3-2-4-7-14/h2-4,6-7,10-11,21,30H,5,8-9,12H2,1H3/t21-/m1/s1. The molecule has 5 rings (SSSR count). The first-order valence-corrected chi connectivity index (χ1v) is 12.3. The van der Waals surface area contributed by atoms with E-state index in [1.165, 1.54) is 0 Å². The van der Waals surface area contributed by atoms with Crippen LogP contribution in [0.2, 0.25) is 0 Å². The van der Waals surface area contributed by atoms with Crippen molar-refractivity contribution >= 4 is 51.0 Å². The Morgan fingerprint density at radius 1 is 1.19 bits per heavy atom. The summed E-state index contributed by atoms with van der Waals surface area (Å²) in [6, 6.07) is 14.0. The number of halogens is 2. The molecular weight excluding hydrogens is 618 g/mol. The number of aromatic hydroxyl groups is 1. The maximum Gasteiger partial charge on any atom is 0.222 e. The highest BCUT2D eigenvalue weighted by Gasteiger charge is 2.41. The van der Waals surface area contributed by atoms with Gasteiger partial charge in [-0.25, -0.2) is 4.68 Å².